The third kappa shape index (κ3) is 1.68. The zero-order chi connectivity index (χ0) is 13.1. The summed E-state index contributed by atoms with van der Waals surface area (Å²) in [7, 11) is 3.57. The average molecular weight is 243 g/mol. The molecule has 0 fully saturated rings. The summed E-state index contributed by atoms with van der Waals surface area (Å²) in [5.74, 6) is 0.748. The Balaban J connectivity index is 0.000000574. The molecule has 0 amide bonds. The standard InChI is InChI=1S/C11H11N5.C2H6/c1-12-10-14-5-7-3-4-8-6-15-11(13-2)16(10)9(7)8;1-2/h3-6H,1-2H3,(H,12,14);1-2H3. The number of hydrogen-bond acceptors (Lipinski definition) is 4. The van der Waals surface area contributed by atoms with Crippen LogP contribution in [0.15, 0.2) is 29.5 Å². The SMILES string of the molecule is CC.CN=c1ncc2ccc3cnc(NC)n1c32. The van der Waals surface area contributed by atoms with E-state index < -0.39 is 0 Å². The highest BCUT2D eigenvalue weighted by Crippen LogP contribution is 2.21. The molecule has 0 atom stereocenters. The van der Waals surface area contributed by atoms with Crippen molar-refractivity contribution in [3.05, 3.63) is 30.1 Å². The Kier molecular flexibility index (Phi) is 3.41. The summed E-state index contributed by atoms with van der Waals surface area (Å²) in [5.41, 5.74) is 1.76. The third-order valence-electron chi connectivity index (χ3n) is 2.69. The van der Waals surface area contributed by atoms with Crippen molar-refractivity contribution in [1.82, 2.24) is 14.4 Å². The summed E-state index contributed by atoms with van der Waals surface area (Å²) in [5, 5.41) is 5.25. The molecule has 0 aliphatic carbocycles. The van der Waals surface area contributed by atoms with Gasteiger partial charge in [-0.2, -0.15) is 0 Å². The van der Waals surface area contributed by atoms with Crippen LogP contribution >= 0.6 is 0 Å². The molecule has 0 unspecified atom stereocenters. The van der Waals surface area contributed by atoms with E-state index in [9.17, 15) is 0 Å². The lowest BCUT2D eigenvalue weighted by molar-refractivity contribution is 0.918. The largest absolute Gasteiger partial charge is 0.358 e. The number of rotatable bonds is 1. The van der Waals surface area contributed by atoms with E-state index in [1.807, 2.05) is 49.8 Å². The molecule has 1 N–H and O–H groups in total. The number of hydrogen-bond donors (Lipinski definition) is 1. The van der Waals surface area contributed by atoms with Gasteiger partial charge in [-0.1, -0.05) is 26.0 Å². The second-order valence-corrected chi connectivity index (χ2v) is 3.54. The van der Waals surface area contributed by atoms with Gasteiger partial charge in [0.25, 0.3) is 0 Å². The van der Waals surface area contributed by atoms with Gasteiger partial charge in [0, 0.05) is 37.3 Å². The van der Waals surface area contributed by atoms with Crippen LogP contribution in [0, 0.1) is 0 Å². The molecule has 0 saturated heterocycles. The minimum atomic E-state index is 0.654. The van der Waals surface area contributed by atoms with Crippen molar-refractivity contribution < 1.29 is 0 Å². The predicted octanol–water partition coefficient (Wildman–Crippen LogP) is 1.92. The summed E-state index contributed by atoms with van der Waals surface area (Å²) in [4.78, 5) is 12.8. The second-order valence-electron chi connectivity index (χ2n) is 3.54. The van der Waals surface area contributed by atoms with Gasteiger partial charge in [-0.3, -0.25) is 4.99 Å². The molecule has 0 saturated carbocycles. The van der Waals surface area contributed by atoms with Gasteiger partial charge in [0.2, 0.25) is 11.6 Å². The maximum Gasteiger partial charge on any atom is 0.232 e. The first kappa shape index (κ1) is 12.3. The molecular formula is C13H17N5. The van der Waals surface area contributed by atoms with Crippen LogP contribution in [0.3, 0.4) is 0 Å². The Bertz CT molecular complexity index is 699. The number of nitrogens with zero attached hydrogens (tertiary/aromatic N) is 4. The average Bonchev–Trinajstić information content (AvgIpc) is 2.87. The van der Waals surface area contributed by atoms with Crippen molar-refractivity contribution in [1.29, 1.82) is 0 Å². The minimum absolute atomic E-state index is 0.654. The van der Waals surface area contributed by atoms with Crippen molar-refractivity contribution in [3.63, 3.8) is 0 Å². The molecule has 0 aliphatic heterocycles. The van der Waals surface area contributed by atoms with Crippen LogP contribution in [0.25, 0.3) is 16.3 Å². The molecule has 5 nitrogen and oxygen atoms in total. The zero-order valence-electron chi connectivity index (χ0n) is 11.1. The molecule has 0 bridgehead atoms. The molecule has 0 spiro atoms. The molecule has 18 heavy (non-hydrogen) atoms. The molecule has 0 aliphatic rings. The summed E-state index contributed by atoms with van der Waals surface area (Å²) in [6, 6.07) is 4.08. The van der Waals surface area contributed by atoms with E-state index in [2.05, 4.69) is 20.3 Å². The molecule has 1 aromatic carbocycles. The molecule has 94 valence electrons. The first-order chi connectivity index (χ1) is 8.85. The molecule has 3 aromatic rings. The van der Waals surface area contributed by atoms with Crippen LogP contribution in [0.4, 0.5) is 5.95 Å². The fourth-order valence-corrected chi connectivity index (χ4v) is 1.98. The van der Waals surface area contributed by atoms with Gasteiger partial charge in [0.15, 0.2) is 0 Å². The second kappa shape index (κ2) is 5.00. The van der Waals surface area contributed by atoms with E-state index >= 15 is 0 Å². The maximum atomic E-state index is 4.34. The van der Waals surface area contributed by atoms with E-state index in [1.165, 1.54) is 0 Å². The van der Waals surface area contributed by atoms with E-state index in [-0.39, 0.29) is 0 Å². The lowest BCUT2D eigenvalue weighted by Gasteiger charge is -2.07. The molecule has 5 heteroatoms. The van der Waals surface area contributed by atoms with E-state index in [0.29, 0.717) is 5.62 Å². The van der Waals surface area contributed by atoms with E-state index in [4.69, 9.17) is 0 Å². The van der Waals surface area contributed by atoms with E-state index in [0.717, 1.165) is 22.2 Å². The lowest BCUT2D eigenvalue weighted by Crippen LogP contribution is -2.21. The molecule has 2 heterocycles. The Morgan fingerprint density at radius 2 is 1.72 bits per heavy atom. The quantitative estimate of drug-likeness (QED) is 0.710. The van der Waals surface area contributed by atoms with Crippen LogP contribution in [-0.2, 0) is 0 Å². The highest BCUT2D eigenvalue weighted by Gasteiger charge is 2.08. The van der Waals surface area contributed by atoms with Gasteiger partial charge in [-0.05, 0) is 0 Å². The first-order valence-corrected chi connectivity index (χ1v) is 6.04. The number of aromatic nitrogens is 3. The summed E-state index contributed by atoms with van der Waals surface area (Å²) >= 11 is 0. The lowest BCUT2D eigenvalue weighted by atomic mass is 10.3. The van der Waals surface area contributed by atoms with Crippen LogP contribution < -0.4 is 10.9 Å². The first-order valence-electron chi connectivity index (χ1n) is 6.04. The minimum Gasteiger partial charge on any atom is -0.358 e. The Labute approximate surface area is 106 Å². The maximum absolute atomic E-state index is 4.34. The third-order valence-corrected chi connectivity index (χ3v) is 2.69. The van der Waals surface area contributed by atoms with Crippen molar-refractivity contribution >= 4 is 22.2 Å². The van der Waals surface area contributed by atoms with E-state index in [1.54, 1.807) is 7.05 Å². The van der Waals surface area contributed by atoms with Gasteiger partial charge in [0.05, 0.1) is 5.52 Å². The zero-order valence-corrected chi connectivity index (χ0v) is 11.1. The molecular weight excluding hydrogens is 226 g/mol. The van der Waals surface area contributed by atoms with Crippen LogP contribution in [-0.4, -0.2) is 28.5 Å². The highest BCUT2D eigenvalue weighted by atomic mass is 15.2. The summed E-state index contributed by atoms with van der Waals surface area (Å²) < 4.78 is 1.94. The number of nitrogens with one attached hydrogen (secondary N) is 1. The highest BCUT2D eigenvalue weighted by molar-refractivity contribution is 5.97. The Morgan fingerprint density at radius 1 is 1.11 bits per heavy atom. The van der Waals surface area contributed by atoms with Crippen LogP contribution in [0.2, 0.25) is 0 Å². The van der Waals surface area contributed by atoms with Gasteiger partial charge < -0.3 is 5.32 Å². The monoisotopic (exact) mass is 243 g/mol. The normalized spacial score (nSPS) is 11.7. The molecule has 3 rings (SSSR count). The van der Waals surface area contributed by atoms with Gasteiger partial charge in [-0.25, -0.2) is 14.4 Å². The van der Waals surface area contributed by atoms with Crippen LogP contribution in [0.5, 0.6) is 0 Å². The smallest absolute Gasteiger partial charge is 0.232 e. The summed E-state index contributed by atoms with van der Waals surface area (Å²) in [6.07, 6.45) is 3.69. The van der Waals surface area contributed by atoms with Crippen molar-refractivity contribution in [2.24, 2.45) is 4.99 Å². The van der Waals surface area contributed by atoms with Crippen molar-refractivity contribution in [2.45, 2.75) is 13.8 Å². The number of anilines is 1. The molecule has 2 aromatic heterocycles. The van der Waals surface area contributed by atoms with Crippen molar-refractivity contribution in [3.8, 4) is 0 Å². The Morgan fingerprint density at radius 3 is 2.28 bits per heavy atom. The van der Waals surface area contributed by atoms with Gasteiger partial charge >= 0.3 is 0 Å². The molecule has 0 radical (unpaired) electrons. The van der Waals surface area contributed by atoms with Gasteiger partial charge in [0.1, 0.15) is 0 Å². The van der Waals surface area contributed by atoms with Crippen LogP contribution in [0.1, 0.15) is 13.8 Å². The topological polar surface area (TPSA) is 54.6 Å². The fraction of sp³-hybridized carbons (Fsp3) is 0.308. The van der Waals surface area contributed by atoms with Crippen molar-refractivity contribution in [2.75, 3.05) is 19.4 Å². The fourth-order valence-electron chi connectivity index (χ4n) is 1.98. The Hall–Kier alpha value is -2.17. The van der Waals surface area contributed by atoms with Gasteiger partial charge in [-0.15, -0.1) is 0 Å². The predicted molar refractivity (Wildman–Crippen MR) is 74.1 cm³/mol. The summed E-state index contributed by atoms with van der Waals surface area (Å²) in [6.45, 7) is 4.00.